The lowest BCUT2D eigenvalue weighted by Gasteiger charge is -2.26. The Hall–Kier alpha value is -3.00. The summed E-state index contributed by atoms with van der Waals surface area (Å²) in [6, 6.07) is 13.9. The van der Waals surface area contributed by atoms with Crippen LogP contribution in [0.15, 0.2) is 58.4 Å². The Balaban J connectivity index is 1.50. The number of aromatic amines is 1. The Morgan fingerprint density at radius 2 is 1.74 bits per heavy atom. The van der Waals surface area contributed by atoms with Gasteiger partial charge in [-0.05, 0) is 42.7 Å². The molecule has 3 aromatic rings. The number of H-pyrrole nitrogens is 1. The molecule has 2 heterocycles. The van der Waals surface area contributed by atoms with Gasteiger partial charge in [0, 0.05) is 40.5 Å². The molecule has 1 aliphatic rings. The van der Waals surface area contributed by atoms with Crippen molar-refractivity contribution in [3.63, 3.8) is 0 Å². The predicted octanol–water partition coefficient (Wildman–Crippen LogP) is 5.04. The van der Waals surface area contributed by atoms with E-state index in [1.165, 1.54) is 4.31 Å². The molecule has 0 radical (unpaired) electrons. The summed E-state index contributed by atoms with van der Waals surface area (Å²) in [5.41, 5.74) is 5.90. The second-order valence-corrected chi connectivity index (χ2v) is 10.2. The number of aromatic nitrogens is 1. The standard InChI is InChI=1S/C26H30N4O6S2/c1-3-5-15-27-35-36-37-20-13-9-18(10-14-20)24-22-21(25(31)29-24)23(28-26(22)32)17-7-11-19(12-8-17)30(38(33)34)16-6-4-2/h7-14,27,29,31H,3-6,15-16H2,1-2H3,(H,33,34)/p-1. The Morgan fingerprint density at radius 3 is 2.39 bits per heavy atom. The Morgan fingerprint density at radius 1 is 1.05 bits per heavy atom. The van der Waals surface area contributed by atoms with Gasteiger partial charge in [0.25, 0.3) is 5.91 Å². The van der Waals surface area contributed by atoms with Crippen LogP contribution in [0.25, 0.3) is 11.3 Å². The minimum atomic E-state index is -2.40. The van der Waals surface area contributed by atoms with Crippen molar-refractivity contribution in [1.29, 1.82) is 0 Å². The molecule has 0 bridgehead atoms. The number of carbonyl (C=O) groups is 1. The van der Waals surface area contributed by atoms with E-state index in [-0.39, 0.29) is 11.4 Å². The number of anilines is 1. The summed E-state index contributed by atoms with van der Waals surface area (Å²) in [6.07, 6.45) is 3.63. The zero-order chi connectivity index (χ0) is 27.1. The van der Waals surface area contributed by atoms with E-state index in [9.17, 15) is 18.7 Å². The van der Waals surface area contributed by atoms with E-state index in [0.717, 1.165) is 42.6 Å². The topological polar surface area (TPSA) is 139 Å². The van der Waals surface area contributed by atoms with Gasteiger partial charge in [-0.15, -0.1) is 9.32 Å². The first-order valence-electron chi connectivity index (χ1n) is 12.3. The number of amides is 1. The first-order valence-corrected chi connectivity index (χ1v) is 14.1. The summed E-state index contributed by atoms with van der Waals surface area (Å²) in [5, 5.41) is 10.7. The number of aromatic hydroxyl groups is 1. The largest absolute Gasteiger partial charge is 0.755 e. The SMILES string of the molecule is CCCCNOOSc1ccc(-c2[nH]c(O)c3c2C(=O)N=C3c2ccc(N(CCCC)S(=O)[O-])cc2)cc1. The third-order valence-corrected chi connectivity index (χ3v) is 7.32. The normalized spacial score (nSPS) is 13.4. The van der Waals surface area contributed by atoms with E-state index in [1.807, 2.05) is 19.1 Å². The predicted molar refractivity (Wildman–Crippen MR) is 146 cm³/mol. The third-order valence-electron chi connectivity index (χ3n) is 5.97. The molecule has 202 valence electrons. The van der Waals surface area contributed by atoms with Gasteiger partial charge in [0.2, 0.25) is 0 Å². The number of nitrogens with one attached hydrogen (secondary N) is 2. The molecule has 0 saturated carbocycles. The highest BCUT2D eigenvalue weighted by atomic mass is 32.2. The minimum absolute atomic E-state index is 0.165. The molecule has 1 amide bonds. The summed E-state index contributed by atoms with van der Waals surface area (Å²) in [5.74, 6) is -0.633. The van der Waals surface area contributed by atoms with E-state index < -0.39 is 17.2 Å². The number of rotatable bonds is 14. The van der Waals surface area contributed by atoms with Crippen LogP contribution in [0.4, 0.5) is 5.69 Å². The van der Waals surface area contributed by atoms with Crippen LogP contribution in [0.5, 0.6) is 5.88 Å². The van der Waals surface area contributed by atoms with Crippen molar-refractivity contribution in [2.75, 3.05) is 17.4 Å². The number of hydrogen-bond donors (Lipinski definition) is 3. The van der Waals surface area contributed by atoms with Crippen LogP contribution < -0.4 is 9.79 Å². The highest BCUT2D eigenvalue weighted by Crippen LogP contribution is 2.38. The zero-order valence-corrected chi connectivity index (χ0v) is 22.7. The van der Waals surface area contributed by atoms with E-state index >= 15 is 0 Å². The minimum Gasteiger partial charge on any atom is -0.755 e. The summed E-state index contributed by atoms with van der Waals surface area (Å²) in [6.45, 7) is 5.15. The van der Waals surface area contributed by atoms with E-state index in [1.54, 1.807) is 36.4 Å². The average Bonchev–Trinajstić information content (AvgIpc) is 3.45. The van der Waals surface area contributed by atoms with Crippen molar-refractivity contribution in [3.05, 3.63) is 65.2 Å². The molecule has 2 aromatic carbocycles. The maximum atomic E-state index is 12.9. The lowest BCUT2D eigenvalue weighted by atomic mass is 10.00. The molecule has 38 heavy (non-hydrogen) atoms. The quantitative estimate of drug-likeness (QED) is 0.0824. The summed E-state index contributed by atoms with van der Waals surface area (Å²) in [4.78, 5) is 25.7. The van der Waals surface area contributed by atoms with Gasteiger partial charge in [0.15, 0.2) is 5.88 Å². The van der Waals surface area contributed by atoms with Gasteiger partial charge < -0.3 is 18.9 Å². The maximum Gasteiger partial charge on any atom is 0.280 e. The smallest absolute Gasteiger partial charge is 0.280 e. The number of fused-ring (bicyclic) bond motifs is 1. The highest BCUT2D eigenvalue weighted by molar-refractivity contribution is 7.94. The molecule has 0 aliphatic carbocycles. The third kappa shape index (κ3) is 6.34. The lowest BCUT2D eigenvalue weighted by molar-refractivity contribution is -0.244. The molecular formula is C26H29N4O6S2-. The second-order valence-electron chi connectivity index (χ2n) is 8.59. The number of aliphatic imine (C=N–C) groups is 1. The van der Waals surface area contributed by atoms with Gasteiger partial charge in [0.05, 0.1) is 34.6 Å². The van der Waals surface area contributed by atoms with Crippen LogP contribution in [0.2, 0.25) is 0 Å². The summed E-state index contributed by atoms with van der Waals surface area (Å²) < 4.78 is 29.7. The van der Waals surface area contributed by atoms with Gasteiger partial charge >= 0.3 is 0 Å². The zero-order valence-electron chi connectivity index (χ0n) is 21.1. The maximum absolute atomic E-state index is 12.9. The molecule has 12 heteroatoms. The second kappa shape index (κ2) is 13.2. The van der Waals surface area contributed by atoms with Gasteiger partial charge in [-0.2, -0.15) is 5.48 Å². The lowest BCUT2D eigenvalue weighted by Crippen LogP contribution is -2.26. The van der Waals surface area contributed by atoms with Crippen molar-refractivity contribution in [1.82, 2.24) is 10.5 Å². The van der Waals surface area contributed by atoms with Gasteiger partial charge in [0.1, 0.15) is 0 Å². The van der Waals surface area contributed by atoms with Crippen LogP contribution in [-0.2, 0) is 20.6 Å². The van der Waals surface area contributed by atoms with Gasteiger partial charge in [-0.25, -0.2) is 4.99 Å². The van der Waals surface area contributed by atoms with Crippen LogP contribution in [-0.4, -0.2) is 43.6 Å². The number of carbonyl (C=O) groups excluding carboxylic acids is 1. The van der Waals surface area contributed by atoms with Crippen molar-refractivity contribution < 1.29 is 28.0 Å². The molecule has 4 rings (SSSR count). The summed E-state index contributed by atoms with van der Waals surface area (Å²) in [7, 11) is 0. The van der Waals surface area contributed by atoms with Crippen LogP contribution >= 0.6 is 12.0 Å². The van der Waals surface area contributed by atoms with E-state index in [4.69, 9.17) is 9.32 Å². The molecule has 1 unspecified atom stereocenters. The monoisotopic (exact) mass is 557 g/mol. The van der Waals surface area contributed by atoms with Crippen molar-refractivity contribution in [3.8, 4) is 17.1 Å². The molecule has 0 spiro atoms. The van der Waals surface area contributed by atoms with Crippen LogP contribution in [0, 0.1) is 0 Å². The number of hydrogen-bond acceptors (Lipinski definition) is 8. The fraction of sp³-hybridized carbons (Fsp3) is 0.308. The van der Waals surface area contributed by atoms with Gasteiger partial charge in [-0.1, -0.05) is 51.0 Å². The molecule has 1 aromatic heterocycles. The molecule has 0 saturated heterocycles. The molecule has 1 aliphatic heterocycles. The van der Waals surface area contributed by atoms with Crippen LogP contribution in [0.3, 0.4) is 0 Å². The van der Waals surface area contributed by atoms with E-state index in [2.05, 4.69) is 22.4 Å². The molecule has 10 nitrogen and oxygen atoms in total. The highest BCUT2D eigenvalue weighted by Gasteiger charge is 2.33. The van der Waals surface area contributed by atoms with Crippen molar-refractivity contribution in [2.24, 2.45) is 4.99 Å². The Labute approximate surface area is 228 Å². The Bertz CT molecular complexity index is 1310. The summed E-state index contributed by atoms with van der Waals surface area (Å²) >= 11 is -1.36. The van der Waals surface area contributed by atoms with Crippen molar-refractivity contribution in [2.45, 2.75) is 44.4 Å². The molecule has 1 atom stereocenters. The molecular weight excluding hydrogens is 528 g/mol. The Kier molecular flexibility index (Phi) is 9.72. The first kappa shape index (κ1) is 28.0. The van der Waals surface area contributed by atoms with Crippen molar-refractivity contribution >= 4 is 40.6 Å². The number of benzene rings is 2. The number of hydroxylamine groups is 1. The fourth-order valence-corrected chi connectivity index (χ4v) is 4.97. The molecule has 3 N–H and O–H groups in total. The first-order chi connectivity index (χ1) is 18.4. The average molecular weight is 558 g/mol. The number of unbranched alkanes of at least 4 members (excludes halogenated alkanes) is 2. The number of nitrogens with zero attached hydrogens (tertiary/aromatic N) is 2. The fourth-order valence-electron chi connectivity index (χ4n) is 4.00. The van der Waals surface area contributed by atoms with Gasteiger partial charge in [-0.3, -0.25) is 9.00 Å². The van der Waals surface area contributed by atoms with E-state index in [0.29, 0.717) is 46.9 Å². The molecule has 0 fully saturated rings. The van der Waals surface area contributed by atoms with Crippen LogP contribution in [0.1, 0.15) is 61.0 Å².